The number of aliphatic hydroxyl groups excluding tert-OH is 2. The Kier molecular flexibility index (Phi) is 20.8. The van der Waals surface area contributed by atoms with E-state index in [1.165, 1.54) is 24.1 Å². The molecule has 0 unspecified atom stereocenters. The van der Waals surface area contributed by atoms with Gasteiger partial charge in [-0.3, -0.25) is 19.9 Å². The first-order chi connectivity index (χ1) is 24.3. The van der Waals surface area contributed by atoms with E-state index < -0.39 is 12.0 Å². The molecule has 51 heavy (non-hydrogen) atoms. The minimum absolute atomic E-state index is 0.0243. The molecule has 0 bridgehead atoms. The van der Waals surface area contributed by atoms with E-state index >= 15 is 0 Å². The Morgan fingerprint density at radius 3 is 2.14 bits per heavy atom. The fourth-order valence-corrected chi connectivity index (χ4v) is 4.92. The molecule has 2 amide bonds. The van der Waals surface area contributed by atoms with Gasteiger partial charge in [-0.25, -0.2) is 9.97 Å². The first-order valence-corrected chi connectivity index (χ1v) is 16.8. The van der Waals surface area contributed by atoms with Crippen LogP contribution in [0.4, 0.5) is 17.3 Å². The van der Waals surface area contributed by atoms with Crippen LogP contribution in [-0.2, 0) is 27.2 Å². The van der Waals surface area contributed by atoms with Gasteiger partial charge in [0.1, 0.15) is 5.75 Å². The number of guanidine groups is 1. The Balaban J connectivity index is 0.00000202. The van der Waals surface area contributed by atoms with Gasteiger partial charge >= 0.3 is 6.15 Å². The fraction of sp³-hybridized carbons (Fsp3) is 0.429. The third-order valence-electron chi connectivity index (χ3n) is 7.35. The van der Waals surface area contributed by atoms with E-state index in [0.29, 0.717) is 30.1 Å². The van der Waals surface area contributed by atoms with Crippen molar-refractivity contribution in [3.63, 3.8) is 0 Å². The highest BCUT2D eigenvalue weighted by Crippen LogP contribution is 2.30. The normalized spacial score (nSPS) is 11.8. The maximum absolute atomic E-state index is 12.3. The average molecular weight is 729 g/mol. The van der Waals surface area contributed by atoms with Gasteiger partial charge in [-0.15, -0.1) is 0 Å². The lowest BCUT2D eigenvalue weighted by atomic mass is 9.93. The fourth-order valence-electron chi connectivity index (χ4n) is 4.80. The van der Waals surface area contributed by atoms with E-state index in [9.17, 15) is 19.8 Å². The molecule has 3 rings (SSSR count). The van der Waals surface area contributed by atoms with Crippen molar-refractivity contribution in [1.29, 1.82) is 0 Å². The number of aromatic nitrogens is 2. The summed E-state index contributed by atoms with van der Waals surface area (Å²) in [6.07, 6.45) is 6.80. The van der Waals surface area contributed by atoms with Crippen LogP contribution in [0.3, 0.4) is 0 Å². The molecular formula is C35H49ClN8O7. The summed E-state index contributed by atoms with van der Waals surface area (Å²) in [5, 5.41) is 33.0. The number of aliphatic hydroxyl groups is 2. The monoisotopic (exact) mass is 728 g/mol. The number of nitrogens with one attached hydrogen (secondary N) is 2. The number of hydrogen-bond acceptors (Lipinski definition) is 12. The molecule has 2 aromatic carbocycles. The molecule has 1 aromatic heterocycles. The van der Waals surface area contributed by atoms with Crippen LogP contribution in [-0.4, -0.2) is 62.4 Å². The number of carbonyl (C=O) groups excluding carboxylic acids is 4. The summed E-state index contributed by atoms with van der Waals surface area (Å²) >= 11 is 5.81. The van der Waals surface area contributed by atoms with Crippen molar-refractivity contribution >= 4 is 52.8 Å². The molecule has 0 fully saturated rings. The van der Waals surface area contributed by atoms with Crippen molar-refractivity contribution in [2.75, 3.05) is 29.9 Å². The van der Waals surface area contributed by atoms with Gasteiger partial charge in [-0.2, -0.15) is 9.59 Å². The number of amides is 2. The molecule has 15 nitrogen and oxygen atoms in total. The Morgan fingerprint density at radius 1 is 0.961 bits per heavy atom. The number of halogens is 1. The minimum Gasteiger partial charge on any atom is -0.506 e. The Morgan fingerprint density at radius 2 is 1.55 bits per heavy atom. The number of hydrogen-bond donors (Lipinski definition) is 8. The second kappa shape index (κ2) is 24.1. The van der Waals surface area contributed by atoms with Gasteiger partial charge in [-0.05, 0) is 86.6 Å². The number of aliphatic imine (C=N–C) groups is 1. The van der Waals surface area contributed by atoms with Crippen molar-refractivity contribution in [3.8, 4) is 5.75 Å². The van der Waals surface area contributed by atoms with Crippen LogP contribution in [0.5, 0.6) is 5.75 Å². The highest BCUT2D eigenvalue weighted by Gasteiger charge is 2.17. The van der Waals surface area contributed by atoms with Gasteiger partial charge in [0, 0.05) is 20.1 Å². The number of rotatable bonds is 15. The summed E-state index contributed by atoms with van der Waals surface area (Å²) in [6.45, 7) is 5.96. The number of unbranched alkanes of at least 4 members (excludes halogenated alkanes) is 1. The molecule has 1 heterocycles. The standard InChI is InChI=1S/C32H43ClN8O4.C2H6O.CO2/c1-19(9-15-25(43)23-14-16-26(44)24(18-23)38-20(2)42)6-5-8-22-12-10-21(11-13-22)7-3-4-17-37-32(36)41-31(45)27-29(34)40-30(35)28(33)39-27;1-2-3;2-1-3/h10-14,16,18-19,25,43-44H,3-9,15,17H2,1-2H3,(H,38,42)(H4,34,35,40)(H3,36,37,41,45);3H,2H2,1H3;/t19-,25+;;/m1../s1. The summed E-state index contributed by atoms with van der Waals surface area (Å²) in [4.78, 5) is 51.7. The third kappa shape index (κ3) is 17.4. The topological polar surface area (TPSA) is 269 Å². The SMILES string of the molecule is CC(=O)Nc1cc([C@@H](O)CC[C@H](C)CCCc2ccc(CCCCN=C(N)NC(=O)c3nc(Cl)c(N)nc3N)cc2)ccc1O.CCO.O=C=O. The molecule has 0 aliphatic heterocycles. The minimum atomic E-state index is -0.665. The first-order valence-electron chi connectivity index (χ1n) is 16.4. The molecule has 3 aromatic rings. The number of anilines is 3. The molecule has 0 aliphatic rings. The number of aromatic hydroxyl groups is 1. The number of carbonyl (C=O) groups is 2. The van der Waals surface area contributed by atoms with Crippen molar-refractivity contribution < 1.29 is 34.5 Å². The molecule has 16 heteroatoms. The first kappa shape index (κ1) is 43.9. The highest BCUT2D eigenvalue weighted by atomic mass is 35.5. The van der Waals surface area contributed by atoms with Crippen molar-refractivity contribution in [2.45, 2.75) is 78.2 Å². The molecule has 0 spiro atoms. The summed E-state index contributed by atoms with van der Waals surface area (Å²) in [6, 6.07) is 13.4. The van der Waals surface area contributed by atoms with Gasteiger partial charge in [0.25, 0.3) is 5.91 Å². The van der Waals surface area contributed by atoms with Gasteiger partial charge in [0.2, 0.25) is 5.91 Å². The largest absolute Gasteiger partial charge is 0.506 e. The zero-order chi connectivity index (χ0) is 38.3. The number of phenols is 1. The van der Waals surface area contributed by atoms with Crippen LogP contribution >= 0.6 is 11.6 Å². The molecular weight excluding hydrogens is 680 g/mol. The lowest BCUT2D eigenvalue weighted by molar-refractivity contribution is -0.191. The smallest absolute Gasteiger partial charge is 0.373 e. The average Bonchev–Trinajstić information content (AvgIpc) is 3.07. The van der Waals surface area contributed by atoms with Crippen LogP contribution in [0.25, 0.3) is 0 Å². The number of nitrogens with two attached hydrogens (primary N) is 3. The van der Waals surface area contributed by atoms with E-state index in [0.717, 1.165) is 44.9 Å². The summed E-state index contributed by atoms with van der Waals surface area (Å²) in [5.41, 5.74) is 20.4. The van der Waals surface area contributed by atoms with E-state index in [1.54, 1.807) is 19.1 Å². The van der Waals surface area contributed by atoms with E-state index in [4.69, 9.17) is 43.5 Å². The van der Waals surface area contributed by atoms with Crippen LogP contribution in [0.15, 0.2) is 47.5 Å². The zero-order valence-corrected chi connectivity index (χ0v) is 29.9. The second-order valence-corrected chi connectivity index (χ2v) is 11.9. The number of benzene rings is 2. The molecule has 0 radical (unpaired) electrons. The van der Waals surface area contributed by atoms with Crippen LogP contribution in [0, 0.1) is 5.92 Å². The number of phenolic OH excluding ortho intramolecular Hbond substituents is 1. The zero-order valence-electron chi connectivity index (χ0n) is 29.2. The lowest BCUT2D eigenvalue weighted by Crippen LogP contribution is -2.38. The summed E-state index contributed by atoms with van der Waals surface area (Å²) < 4.78 is 0. The van der Waals surface area contributed by atoms with Gasteiger partial charge in [0.05, 0.1) is 11.8 Å². The number of nitrogens with zero attached hydrogens (tertiary/aromatic N) is 3. The van der Waals surface area contributed by atoms with Crippen LogP contribution in [0.1, 0.15) is 92.6 Å². The van der Waals surface area contributed by atoms with Gasteiger partial charge < -0.3 is 37.8 Å². The molecule has 0 saturated carbocycles. The quantitative estimate of drug-likeness (QED) is 0.0479. The number of nitrogen functional groups attached to an aromatic ring is 2. The van der Waals surface area contributed by atoms with E-state index in [2.05, 4.69) is 56.8 Å². The van der Waals surface area contributed by atoms with Crippen molar-refractivity contribution in [1.82, 2.24) is 15.3 Å². The maximum atomic E-state index is 12.3. The Hall–Kier alpha value is -5.08. The number of aryl methyl sites for hydroxylation is 2. The molecule has 0 aliphatic carbocycles. The van der Waals surface area contributed by atoms with Crippen LogP contribution < -0.4 is 27.8 Å². The Labute approximate surface area is 302 Å². The van der Waals surface area contributed by atoms with Crippen molar-refractivity contribution in [3.05, 3.63) is 70.0 Å². The molecule has 2 atom stereocenters. The second-order valence-electron chi connectivity index (χ2n) is 11.6. The van der Waals surface area contributed by atoms with Gasteiger partial charge in [-0.1, -0.05) is 55.3 Å². The lowest BCUT2D eigenvalue weighted by Gasteiger charge is -2.16. The highest BCUT2D eigenvalue weighted by molar-refractivity contribution is 6.31. The predicted molar refractivity (Wildman–Crippen MR) is 196 cm³/mol. The summed E-state index contributed by atoms with van der Waals surface area (Å²) in [7, 11) is 0. The maximum Gasteiger partial charge on any atom is 0.373 e. The predicted octanol–water partition coefficient (Wildman–Crippen LogP) is 3.91. The van der Waals surface area contributed by atoms with Crippen LogP contribution in [0.2, 0.25) is 5.15 Å². The van der Waals surface area contributed by atoms with Crippen molar-refractivity contribution in [2.24, 2.45) is 16.6 Å². The van der Waals surface area contributed by atoms with Gasteiger partial charge in [0.15, 0.2) is 28.4 Å². The molecule has 0 saturated heterocycles. The van der Waals surface area contributed by atoms with E-state index in [-0.39, 0.29) is 52.9 Å². The third-order valence-corrected chi connectivity index (χ3v) is 7.63. The Bertz CT molecular complexity index is 1600. The molecule has 278 valence electrons. The van der Waals surface area contributed by atoms with E-state index in [1.807, 2.05) is 0 Å². The molecule has 11 N–H and O–H groups in total. The summed E-state index contributed by atoms with van der Waals surface area (Å²) in [5.74, 6) is -0.768.